The van der Waals surface area contributed by atoms with Crippen LogP contribution < -0.4 is 10.1 Å². The van der Waals surface area contributed by atoms with Crippen LogP contribution in [0.2, 0.25) is 0 Å². The second-order valence-electron chi connectivity index (χ2n) is 3.91. The van der Waals surface area contributed by atoms with Gasteiger partial charge in [-0.05, 0) is 12.1 Å². The number of benzene rings is 1. The van der Waals surface area contributed by atoms with Gasteiger partial charge in [-0.3, -0.25) is 5.10 Å². The highest BCUT2D eigenvalue weighted by Crippen LogP contribution is 2.28. The summed E-state index contributed by atoms with van der Waals surface area (Å²) in [7, 11) is 1.65. The van der Waals surface area contributed by atoms with Crippen LogP contribution in [0.1, 0.15) is 0 Å². The fourth-order valence-electron chi connectivity index (χ4n) is 1.65. The number of fused-ring (bicyclic) bond motifs is 1. The molecule has 0 aliphatic heterocycles. The van der Waals surface area contributed by atoms with Crippen LogP contribution in [0.25, 0.3) is 11.0 Å². The topological polar surface area (TPSA) is 75.7 Å². The number of halogens is 2. The number of ether oxygens (including phenoxy) is 1. The minimum Gasteiger partial charge on any atom is -0.438 e. The summed E-state index contributed by atoms with van der Waals surface area (Å²) in [6.45, 7) is 0. The minimum atomic E-state index is -0.992. The zero-order valence-electron chi connectivity index (χ0n) is 10.3. The smallest absolute Gasteiger partial charge is 0.235 e. The van der Waals surface area contributed by atoms with Gasteiger partial charge in [0.05, 0.1) is 6.20 Å². The SMILES string of the molecule is CNc1nc(Oc2ccc(F)c(F)c2)c2cn[nH]c2n1. The summed E-state index contributed by atoms with van der Waals surface area (Å²) in [6.07, 6.45) is 1.49. The van der Waals surface area contributed by atoms with Gasteiger partial charge in [0.25, 0.3) is 0 Å². The van der Waals surface area contributed by atoms with E-state index < -0.39 is 11.6 Å². The summed E-state index contributed by atoms with van der Waals surface area (Å²) in [4.78, 5) is 8.25. The Morgan fingerprint density at radius 1 is 1.20 bits per heavy atom. The lowest BCUT2D eigenvalue weighted by Gasteiger charge is -2.07. The highest BCUT2D eigenvalue weighted by molar-refractivity contribution is 5.80. The van der Waals surface area contributed by atoms with Crippen molar-refractivity contribution in [2.75, 3.05) is 12.4 Å². The first-order valence-electron chi connectivity index (χ1n) is 5.69. The molecule has 3 aromatic rings. The van der Waals surface area contributed by atoms with Crippen molar-refractivity contribution in [3.63, 3.8) is 0 Å². The molecular formula is C12H9F2N5O. The molecule has 6 nitrogen and oxygen atoms in total. The Balaban J connectivity index is 2.04. The highest BCUT2D eigenvalue weighted by Gasteiger charge is 2.12. The van der Waals surface area contributed by atoms with Gasteiger partial charge in [-0.25, -0.2) is 8.78 Å². The molecule has 0 amide bonds. The predicted octanol–water partition coefficient (Wildman–Crippen LogP) is 2.47. The van der Waals surface area contributed by atoms with E-state index >= 15 is 0 Å². The molecule has 0 saturated heterocycles. The zero-order valence-corrected chi connectivity index (χ0v) is 10.3. The van der Waals surface area contributed by atoms with Crippen molar-refractivity contribution < 1.29 is 13.5 Å². The van der Waals surface area contributed by atoms with Crippen molar-refractivity contribution in [3.8, 4) is 11.6 Å². The summed E-state index contributed by atoms with van der Waals surface area (Å²) in [5, 5.41) is 9.83. The third-order valence-corrected chi connectivity index (χ3v) is 2.60. The number of H-pyrrole nitrogens is 1. The molecule has 0 aliphatic rings. The number of aromatic nitrogens is 4. The molecule has 2 heterocycles. The maximum absolute atomic E-state index is 13.2. The van der Waals surface area contributed by atoms with Gasteiger partial charge < -0.3 is 10.1 Å². The van der Waals surface area contributed by atoms with E-state index in [-0.39, 0.29) is 11.6 Å². The standard InChI is InChI=1S/C12H9F2N5O/c1-15-12-17-10-7(5-16-19-10)11(18-12)20-6-2-3-8(13)9(14)4-6/h2-5H,1H3,(H2,15,16,17,18,19). The maximum atomic E-state index is 13.2. The lowest BCUT2D eigenvalue weighted by molar-refractivity contribution is 0.452. The average Bonchev–Trinajstić information content (AvgIpc) is 2.91. The molecule has 102 valence electrons. The molecule has 8 heteroatoms. The van der Waals surface area contributed by atoms with Gasteiger partial charge in [0.1, 0.15) is 11.1 Å². The fourth-order valence-corrected chi connectivity index (χ4v) is 1.65. The van der Waals surface area contributed by atoms with Gasteiger partial charge in [-0.2, -0.15) is 15.1 Å². The number of hydrogen-bond donors (Lipinski definition) is 2. The molecule has 1 aromatic carbocycles. The molecule has 2 aromatic heterocycles. The molecular weight excluding hydrogens is 268 g/mol. The molecule has 0 bridgehead atoms. The van der Waals surface area contributed by atoms with Crippen molar-refractivity contribution in [2.24, 2.45) is 0 Å². The van der Waals surface area contributed by atoms with Crippen molar-refractivity contribution in [3.05, 3.63) is 36.0 Å². The molecule has 0 aliphatic carbocycles. The minimum absolute atomic E-state index is 0.132. The molecule has 0 unspecified atom stereocenters. The third-order valence-electron chi connectivity index (χ3n) is 2.60. The maximum Gasteiger partial charge on any atom is 0.235 e. The van der Waals surface area contributed by atoms with Crippen molar-refractivity contribution >= 4 is 17.0 Å². The van der Waals surface area contributed by atoms with Crippen molar-refractivity contribution in [1.82, 2.24) is 20.2 Å². The Kier molecular flexibility index (Phi) is 2.90. The second-order valence-corrected chi connectivity index (χ2v) is 3.91. The van der Waals surface area contributed by atoms with Crippen LogP contribution in [0.15, 0.2) is 24.4 Å². The van der Waals surface area contributed by atoms with Gasteiger partial charge in [-0.1, -0.05) is 0 Å². The van der Waals surface area contributed by atoms with Crippen molar-refractivity contribution in [2.45, 2.75) is 0 Å². The molecule has 0 saturated carbocycles. The van der Waals surface area contributed by atoms with Gasteiger partial charge >= 0.3 is 0 Å². The number of anilines is 1. The lowest BCUT2D eigenvalue weighted by atomic mass is 10.3. The molecule has 2 N–H and O–H groups in total. The Hall–Kier alpha value is -2.77. The first-order valence-corrected chi connectivity index (χ1v) is 5.69. The number of rotatable bonds is 3. The van der Waals surface area contributed by atoms with Gasteiger partial charge in [-0.15, -0.1) is 0 Å². The molecule has 0 fully saturated rings. The lowest BCUT2D eigenvalue weighted by Crippen LogP contribution is -1.99. The molecule has 0 spiro atoms. The molecule has 3 rings (SSSR count). The Morgan fingerprint density at radius 3 is 2.80 bits per heavy atom. The van der Waals surface area contributed by atoms with E-state index in [0.29, 0.717) is 17.0 Å². The summed E-state index contributed by atoms with van der Waals surface area (Å²) in [5.74, 6) is -1.29. The van der Waals surface area contributed by atoms with Gasteiger partial charge in [0.2, 0.25) is 11.8 Å². The Bertz CT molecular complexity index is 774. The van der Waals surface area contributed by atoms with Crippen LogP contribution in [0.3, 0.4) is 0 Å². The molecule has 0 radical (unpaired) electrons. The zero-order chi connectivity index (χ0) is 14.1. The average molecular weight is 277 g/mol. The quantitative estimate of drug-likeness (QED) is 0.769. The summed E-state index contributed by atoms with van der Waals surface area (Å²) < 4.78 is 31.5. The van der Waals surface area contributed by atoms with Crippen LogP contribution in [0.4, 0.5) is 14.7 Å². The van der Waals surface area contributed by atoms with Gasteiger partial charge in [0.15, 0.2) is 17.3 Å². The van der Waals surface area contributed by atoms with E-state index in [4.69, 9.17) is 4.74 Å². The Morgan fingerprint density at radius 2 is 2.05 bits per heavy atom. The summed E-state index contributed by atoms with van der Waals surface area (Å²) in [5.41, 5.74) is 0.474. The summed E-state index contributed by atoms with van der Waals surface area (Å²) >= 11 is 0. The van der Waals surface area contributed by atoms with E-state index in [2.05, 4.69) is 25.5 Å². The second kappa shape index (κ2) is 4.72. The van der Waals surface area contributed by atoms with Crippen LogP contribution in [-0.4, -0.2) is 27.2 Å². The van der Waals surface area contributed by atoms with Crippen LogP contribution >= 0.6 is 0 Å². The number of aromatic amines is 1. The fraction of sp³-hybridized carbons (Fsp3) is 0.0833. The normalized spacial score (nSPS) is 10.8. The highest BCUT2D eigenvalue weighted by atomic mass is 19.2. The van der Waals surface area contributed by atoms with E-state index in [1.807, 2.05) is 0 Å². The molecule has 0 atom stereocenters. The Labute approximate surface area is 111 Å². The predicted molar refractivity (Wildman–Crippen MR) is 67.7 cm³/mol. The first kappa shape index (κ1) is 12.3. The van der Waals surface area contributed by atoms with E-state index in [1.165, 1.54) is 12.3 Å². The van der Waals surface area contributed by atoms with E-state index in [0.717, 1.165) is 12.1 Å². The number of hydrogen-bond acceptors (Lipinski definition) is 5. The van der Waals surface area contributed by atoms with Gasteiger partial charge in [0, 0.05) is 13.1 Å². The monoisotopic (exact) mass is 277 g/mol. The van der Waals surface area contributed by atoms with Crippen LogP contribution in [0, 0.1) is 11.6 Å². The van der Waals surface area contributed by atoms with E-state index in [1.54, 1.807) is 7.05 Å². The number of nitrogens with one attached hydrogen (secondary N) is 2. The molecule has 20 heavy (non-hydrogen) atoms. The van der Waals surface area contributed by atoms with Crippen LogP contribution in [0.5, 0.6) is 11.6 Å². The van der Waals surface area contributed by atoms with E-state index in [9.17, 15) is 8.78 Å². The van der Waals surface area contributed by atoms with Crippen molar-refractivity contribution in [1.29, 1.82) is 0 Å². The largest absolute Gasteiger partial charge is 0.438 e. The number of nitrogens with zero attached hydrogens (tertiary/aromatic N) is 3. The van der Waals surface area contributed by atoms with Crippen LogP contribution in [-0.2, 0) is 0 Å². The first-order chi connectivity index (χ1) is 9.67. The third kappa shape index (κ3) is 2.11. The summed E-state index contributed by atoms with van der Waals surface area (Å²) in [6, 6.07) is 3.24.